The van der Waals surface area contributed by atoms with E-state index in [4.69, 9.17) is 27.9 Å². The summed E-state index contributed by atoms with van der Waals surface area (Å²) in [4.78, 5) is 21.4. The summed E-state index contributed by atoms with van der Waals surface area (Å²) in [5.41, 5.74) is 1.60. The third-order valence-corrected chi connectivity index (χ3v) is 6.88. The van der Waals surface area contributed by atoms with Gasteiger partial charge in [-0.15, -0.1) is 0 Å². The molecule has 26 heavy (non-hydrogen) atoms. The van der Waals surface area contributed by atoms with Crippen LogP contribution in [0.2, 0.25) is 10.0 Å². The largest absolute Gasteiger partial charge is 0.373 e. The first kappa shape index (κ1) is 16.5. The van der Waals surface area contributed by atoms with E-state index in [1.165, 1.54) is 6.33 Å². The fraction of sp³-hybridized carbons (Fsp3) is 0.421. The van der Waals surface area contributed by atoms with Crippen LogP contribution in [0.25, 0.3) is 0 Å². The van der Waals surface area contributed by atoms with Crippen molar-refractivity contribution in [2.24, 2.45) is 23.7 Å². The van der Waals surface area contributed by atoms with Gasteiger partial charge >= 0.3 is 0 Å². The van der Waals surface area contributed by atoms with Crippen LogP contribution in [0.4, 0.5) is 5.69 Å². The quantitative estimate of drug-likeness (QED) is 0.866. The van der Waals surface area contributed by atoms with Crippen molar-refractivity contribution in [2.75, 3.05) is 5.32 Å². The summed E-state index contributed by atoms with van der Waals surface area (Å²) in [6, 6.07) is 5.10. The number of aromatic nitrogens is 2. The highest BCUT2D eigenvalue weighted by molar-refractivity contribution is 6.42. The van der Waals surface area contributed by atoms with Gasteiger partial charge in [-0.05, 0) is 41.5 Å². The van der Waals surface area contributed by atoms with E-state index in [9.17, 15) is 4.79 Å². The molecule has 5 nitrogen and oxygen atoms in total. The summed E-state index contributed by atoms with van der Waals surface area (Å²) < 4.78 is 6.22. The van der Waals surface area contributed by atoms with E-state index in [1.807, 2.05) is 0 Å². The van der Waals surface area contributed by atoms with E-state index >= 15 is 0 Å². The average molecular weight is 390 g/mol. The number of carbonyl (C=O) groups is 1. The van der Waals surface area contributed by atoms with Crippen LogP contribution in [0.1, 0.15) is 18.4 Å². The lowest BCUT2D eigenvalue weighted by molar-refractivity contribution is -0.122. The predicted octanol–water partition coefficient (Wildman–Crippen LogP) is 3.79. The van der Waals surface area contributed by atoms with E-state index in [2.05, 4.69) is 22.2 Å². The molecule has 1 saturated carbocycles. The maximum atomic E-state index is 13.1. The Morgan fingerprint density at radius 1 is 1.12 bits per heavy atom. The summed E-state index contributed by atoms with van der Waals surface area (Å²) in [6.45, 7) is 2.25. The fourth-order valence-electron chi connectivity index (χ4n) is 4.97. The van der Waals surface area contributed by atoms with Crippen LogP contribution in [-0.2, 0) is 9.53 Å². The molecule has 2 aromatic rings. The van der Waals surface area contributed by atoms with Crippen LogP contribution in [0.15, 0.2) is 36.9 Å². The average Bonchev–Trinajstić information content (AvgIpc) is 3.02. The summed E-state index contributed by atoms with van der Waals surface area (Å²) in [7, 11) is 0. The molecule has 0 radical (unpaired) electrons. The highest BCUT2D eigenvalue weighted by Gasteiger charge is 2.72. The van der Waals surface area contributed by atoms with Gasteiger partial charge in [-0.1, -0.05) is 30.1 Å². The maximum Gasteiger partial charge on any atom is 0.230 e. The lowest BCUT2D eigenvalue weighted by atomic mass is 9.75. The van der Waals surface area contributed by atoms with Gasteiger partial charge in [-0.3, -0.25) is 4.79 Å². The highest BCUT2D eigenvalue weighted by Crippen LogP contribution is 2.68. The Morgan fingerprint density at radius 3 is 2.58 bits per heavy atom. The molecule has 2 saturated heterocycles. The third-order valence-electron chi connectivity index (χ3n) is 6.14. The molecule has 3 fully saturated rings. The Balaban J connectivity index is 1.45. The number of hydrogen-bond donors (Lipinski definition) is 1. The van der Waals surface area contributed by atoms with Crippen molar-refractivity contribution < 1.29 is 9.53 Å². The Labute approximate surface area is 161 Å². The number of nitrogens with one attached hydrogen (secondary N) is 1. The first-order chi connectivity index (χ1) is 12.6. The number of halogens is 2. The topological polar surface area (TPSA) is 64.1 Å². The molecule has 0 spiro atoms. The third kappa shape index (κ3) is 2.38. The van der Waals surface area contributed by atoms with Crippen molar-refractivity contribution >= 4 is 34.8 Å². The number of carbonyl (C=O) groups excluding carboxylic acids is 1. The van der Waals surface area contributed by atoms with E-state index in [-0.39, 0.29) is 30.0 Å². The normalized spacial score (nSPS) is 36.7. The zero-order chi connectivity index (χ0) is 18.0. The van der Waals surface area contributed by atoms with Gasteiger partial charge in [-0.25, -0.2) is 9.97 Å². The number of fused-ring (bicyclic) bond motifs is 5. The first-order valence-corrected chi connectivity index (χ1v) is 9.48. The number of rotatable bonds is 3. The minimum absolute atomic E-state index is 0.0184. The molecule has 5 rings (SSSR count). The second kappa shape index (κ2) is 5.91. The van der Waals surface area contributed by atoms with Crippen LogP contribution >= 0.6 is 23.2 Å². The summed E-state index contributed by atoms with van der Waals surface area (Å²) in [5, 5.41) is 3.86. The lowest BCUT2D eigenvalue weighted by Crippen LogP contribution is -2.37. The SMILES string of the molecule is CC1C2C1[C@@H]1O[C@H]2[C@H](C(=O)Nc2ccc(Cl)c(Cl)c2)[C@H]1c1cncnc1. The Bertz CT molecular complexity index is 878. The molecular formula is C19H17Cl2N3O2. The van der Waals surface area contributed by atoms with E-state index in [0.717, 1.165) is 5.56 Å². The standard InChI is InChI=1S/C19H17Cl2N3O2/c1-8-13-14(8)18-16(15(17(13)26-18)9-5-22-7-23-6-9)19(25)24-10-2-3-11(20)12(21)4-10/h2-8,13-18H,1H3,(H,24,25)/t8?,13?,14?,15-,16-,17+,18-/m1/s1. The van der Waals surface area contributed by atoms with Crippen LogP contribution in [0.5, 0.6) is 0 Å². The second-order valence-corrected chi connectivity index (χ2v) is 8.24. The molecule has 7 atom stereocenters. The lowest BCUT2D eigenvalue weighted by Gasteiger charge is -2.26. The number of benzene rings is 1. The minimum atomic E-state index is -0.258. The van der Waals surface area contributed by atoms with Crippen LogP contribution < -0.4 is 5.32 Å². The number of anilines is 1. The van der Waals surface area contributed by atoms with Gasteiger partial charge in [0.05, 0.1) is 28.2 Å². The molecule has 1 aliphatic carbocycles. The molecule has 7 heteroatoms. The molecule has 1 amide bonds. The Kier molecular flexibility index (Phi) is 3.75. The van der Waals surface area contributed by atoms with E-state index < -0.39 is 0 Å². The molecule has 1 N–H and O–H groups in total. The number of nitrogens with zero attached hydrogens (tertiary/aromatic N) is 2. The van der Waals surface area contributed by atoms with Gasteiger partial charge < -0.3 is 10.1 Å². The molecular weight excluding hydrogens is 373 g/mol. The van der Waals surface area contributed by atoms with Crippen molar-refractivity contribution in [3.05, 3.63) is 52.5 Å². The van der Waals surface area contributed by atoms with Crippen molar-refractivity contribution in [2.45, 2.75) is 25.0 Å². The van der Waals surface area contributed by atoms with Crippen LogP contribution in [0.3, 0.4) is 0 Å². The summed E-state index contributed by atoms with van der Waals surface area (Å²) >= 11 is 12.0. The van der Waals surface area contributed by atoms with Crippen LogP contribution in [0, 0.1) is 23.7 Å². The maximum absolute atomic E-state index is 13.1. The molecule has 134 valence electrons. The smallest absolute Gasteiger partial charge is 0.230 e. The van der Waals surface area contributed by atoms with Gasteiger partial charge in [-0.2, -0.15) is 0 Å². The molecule has 2 bridgehead atoms. The van der Waals surface area contributed by atoms with Crippen molar-refractivity contribution in [1.82, 2.24) is 9.97 Å². The van der Waals surface area contributed by atoms with Gasteiger partial charge in [0.2, 0.25) is 5.91 Å². The second-order valence-electron chi connectivity index (χ2n) is 7.42. The zero-order valence-corrected chi connectivity index (χ0v) is 15.5. The molecule has 3 aliphatic rings. The van der Waals surface area contributed by atoms with E-state index in [1.54, 1.807) is 30.6 Å². The Morgan fingerprint density at radius 2 is 1.85 bits per heavy atom. The fourth-order valence-corrected chi connectivity index (χ4v) is 5.27. The highest BCUT2D eigenvalue weighted by atomic mass is 35.5. The van der Waals surface area contributed by atoms with Crippen molar-refractivity contribution in [1.29, 1.82) is 0 Å². The molecule has 1 aromatic heterocycles. The predicted molar refractivity (Wildman–Crippen MR) is 98.2 cm³/mol. The molecule has 1 aromatic carbocycles. The molecule has 3 heterocycles. The van der Waals surface area contributed by atoms with Gasteiger partial charge in [0.25, 0.3) is 0 Å². The number of hydrogen-bond acceptors (Lipinski definition) is 4. The van der Waals surface area contributed by atoms with E-state index in [0.29, 0.717) is 33.5 Å². The van der Waals surface area contributed by atoms with Gasteiger partial charge in [0, 0.05) is 24.0 Å². The van der Waals surface area contributed by atoms with Crippen LogP contribution in [-0.4, -0.2) is 28.1 Å². The minimum Gasteiger partial charge on any atom is -0.373 e. The van der Waals surface area contributed by atoms with Crippen molar-refractivity contribution in [3.8, 4) is 0 Å². The van der Waals surface area contributed by atoms with Gasteiger partial charge in [0.15, 0.2) is 0 Å². The number of amides is 1. The van der Waals surface area contributed by atoms with Crippen molar-refractivity contribution in [3.63, 3.8) is 0 Å². The zero-order valence-electron chi connectivity index (χ0n) is 14.0. The van der Waals surface area contributed by atoms with Gasteiger partial charge in [0.1, 0.15) is 6.33 Å². The molecule has 2 aliphatic heterocycles. The number of ether oxygens (including phenoxy) is 1. The summed E-state index contributed by atoms with van der Waals surface area (Å²) in [6.07, 6.45) is 5.11. The Hall–Kier alpha value is -1.69. The molecule has 3 unspecified atom stereocenters. The summed E-state index contributed by atoms with van der Waals surface area (Å²) in [5.74, 6) is 1.29. The first-order valence-electron chi connectivity index (χ1n) is 8.72. The monoisotopic (exact) mass is 389 g/mol.